The normalized spacial score (nSPS) is 13.9. The molecule has 0 radical (unpaired) electrons. The zero-order valence-electron chi connectivity index (χ0n) is 19.0. The summed E-state index contributed by atoms with van der Waals surface area (Å²) in [5.74, 6) is 3.04. The van der Waals surface area contributed by atoms with Gasteiger partial charge in [0, 0.05) is 43.0 Å². The SMILES string of the molecule is COc1ccc(Nc2ccnc(N3CCC(C(=O)NCc4ccccc4OC)CC3)n2)cc1. The van der Waals surface area contributed by atoms with Crippen LogP contribution in [0.3, 0.4) is 0 Å². The molecule has 2 N–H and O–H groups in total. The molecule has 2 heterocycles. The van der Waals surface area contributed by atoms with E-state index in [1.807, 2.05) is 54.6 Å². The summed E-state index contributed by atoms with van der Waals surface area (Å²) < 4.78 is 10.6. The van der Waals surface area contributed by atoms with E-state index >= 15 is 0 Å². The molecule has 2 aromatic carbocycles. The molecule has 0 bridgehead atoms. The van der Waals surface area contributed by atoms with Gasteiger partial charge >= 0.3 is 0 Å². The second-order valence-electron chi connectivity index (χ2n) is 7.89. The van der Waals surface area contributed by atoms with Crippen LogP contribution >= 0.6 is 0 Å². The summed E-state index contributed by atoms with van der Waals surface area (Å²) in [6.45, 7) is 1.93. The number of carbonyl (C=O) groups excluding carboxylic acids is 1. The Balaban J connectivity index is 1.30. The number of hydrogen-bond donors (Lipinski definition) is 2. The van der Waals surface area contributed by atoms with Crippen molar-refractivity contribution in [2.24, 2.45) is 5.92 Å². The first kappa shape index (κ1) is 22.4. The molecule has 172 valence electrons. The monoisotopic (exact) mass is 447 g/mol. The number of hydrogen-bond acceptors (Lipinski definition) is 7. The van der Waals surface area contributed by atoms with E-state index in [-0.39, 0.29) is 11.8 Å². The van der Waals surface area contributed by atoms with Crippen molar-refractivity contribution in [1.82, 2.24) is 15.3 Å². The molecule has 0 unspecified atom stereocenters. The first-order valence-electron chi connectivity index (χ1n) is 11.0. The van der Waals surface area contributed by atoms with Gasteiger partial charge in [-0.25, -0.2) is 4.98 Å². The molecule has 0 spiro atoms. The molecule has 0 aliphatic carbocycles. The molecule has 1 saturated heterocycles. The van der Waals surface area contributed by atoms with Crippen molar-refractivity contribution >= 4 is 23.4 Å². The number of para-hydroxylation sites is 1. The first-order valence-corrected chi connectivity index (χ1v) is 11.0. The Morgan fingerprint density at radius 2 is 1.79 bits per heavy atom. The van der Waals surface area contributed by atoms with Crippen LogP contribution < -0.4 is 25.0 Å². The van der Waals surface area contributed by atoms with Crippen LogP contribution in [0.15, 0.2) is 60.8 Å². The molecule has 0 atom stereocenters. The summed E-state index contributed by atoms with van der Waals surface area (Å²) in [4.78, 5) is 23.9. The van der Waals surface area contributed by atoms with Gasteiger partial charge in [-0.15, -0.1) is 0 Å². The molecule has 3 aromatic rings. The van der Waals surface area contributed by atoms with E-state index in [9.17, 15) is 4.79 Å². The van der Waals surface area contributed by atoms with Gasteiger partial charge in [-0.3, -0.25) is 4.79 Å². The molecule has 1 amide bonds. The quantitative estimate of drug-likeness (QED) is 0.543. The molecule has 4 rings (SSSR count). The average molecular weight is 448 g/mol. The maximum Gasteiger partial charge on any atom is 0.227 e. The fourth-order valence-electron chi connectivity index (χ4n) is 3.91. The van der Waals surface area contributed by atoms with Gasteiger partial charge in [0.15, 0.2) is 0 Å². The minimum atomic E-state index is -0.0171. The molecule has 1 aliphatic heterocycles. The lowest BCUT2D eigenvalue weighted by atomic mass is 9.96. The van der Waals surface area contributed by atoms with Crippen molar-refractivity contribution < 1.29 is 14.3 Å². The maximum absolute atomic E-state index is 12.7. The standard InChI is InChI=1S/C25H29N5O3/c1-32-21-9-7-20(8-10-21)28-23-11-14-26-25(29-23)30-15-12-18(13-16-30)24(31)27-17-19-5-3-4-6-22(19)33-2/h3-11,14,18H,12-13,15-17H2,1-2H3,(H,27,31)(H,26,28,29). The van der Waals surface area contributed by atoms with E-state index in [2.05, 4.69) is 25.5 Å². The third-order valence-corrected chi connectivity index (χ3v) is 5.80. The Kier molecular flexibility index (Phi) is 7.24. The van der Waals surface area contributed by atoms with Crippen LogP contribution in [-0.4, -0.2) is 43.2 Å². The highest BCUT2D eigenvalue weighted by Crippen LogP contribution is 2.24. The van der Waals surface area contributed by atoms with Crippen LogP contribution in [0.2, 0.25) is 0 Å². The number of aromatic nitrogens is 2. The fraction of sp³-hybridized carbons (Fsp3) is 0.320. The molecule has 0 saturated carbocycles. The van der Waals surface area contributed by atoms with Gasteiger partial charge in [0.1, 0.15) is 17.3 Å². The summed E-state index contributed by atoms with van der Waals surface area (Å²) in [6.07, 6.45) is 3.27. The summed E-state index contributed by atoms with van der Waals surface area (Å²) >= 11 is 0. The predicted molar refractivity (Wildman–Crippen MR) is 128 cm³/mol. The Morgan fingerprint density at radius 3 is 2.52 bits per heavy atom. The van der Waals surface area contributed by atoms with Crippen molar-refractivity contribution in [2.75, 3.05) is 37.5 Å². The molecule has 1 aromatic heterocycles. The van der Waals surface area contributed by atoms with Gasteiger partial charge in [0.05, 0.1) is 14.2 Å². The van der Waals surface area contributed by atoms with Gasteiger partial charge in [-0.1, -0.05) is 18.2 Å². The summed E-state index contributed by atoms with van der Waals surface area (Å²) in [6, 6.07) is 17.2. The smallest absolute Gasteiger partial charge is 0.227 e. The lowest BCUT2D eigenvalue weighted by Crippen LogP contribution is -2.41. The lowest BCUT2D eigenvalue weighted by Gasteiger charge is -2.31. The highest BCUT2D eigenvalue weighted by Gasteiger charge is 2.26. The number of methoxy groups -OCH3 is 2. The summed E-state index contributed by atoms with van der Waals surface area (Å²) in [7, 11) is 3.28. The van der Waals surface area contributed by atoms with Crippen molar-refractivity contribution in [3.8, 4) is 11.5 Å². The molecule has 1 fully saturated rings. The van der Waals surface area contributed by atoms with Gasteiger partial charge in [-0.05, 0) is 49.2 Å². The average Bonchev–Trinajstić information content (AvgIpc) is 2.88. The van der Waals surface area contributed by atoms with Gasteiger partial charge < -0.3 is 25.0 Å². The molecular formula is C25H29N5O3. The molecule has 1 aliphatic rings. The summed E-state index contributed by atoms with van der Waals surface area (Å²) in [5.41, 5.74) is 1.89. The maximum atomic E-state index is 12.7. The number of carbonyl (C=O) groups is 1. The van der Waals surface area contributed by atoms with Crippen LogP contribution in [0.5, 0.6) is 11.5 Å². The first-order chi connectivity index (χ1) is 16.2. The van der Waals surface area contributed by atoms with Crippen LogP contribution in [0, 0.1) is 5.92 Å². The van der Waals surface area contributed by atoms with E-state index in [0.717, 1.165) is 54.5 Å². The van der Waals surface area contributed by atoms with Gasteiger partial charge in [0.2, 0.25) is 11.9 Å². The number of ether oxygens (including phenoxy) is 2. The number of anilines is 3. The van der Waals surface area contributed by atoms with E-state index in [4.69, 9.17) is 9.47 Å². The summed E-state index contributed by atoms with van der Waals surface area (Å²) in [5, 5.41) is 6.35. The minimum absolute atomic E-state index is 0.0171. The zero-order chi connectivity index (χ0) is 23.0. The predicted octanol–water partition coefficient (Wildman–Crippen LogP) is 3.77. The van der Waals surface area contributed by atoms with Crippen LogP contribution in [0.1, 0.15) is 18.4 Å². The second-order valence-corrected chi connectivity index (χ2v) is 7.89. The van der Waals surface area contributed by atoms with Gasteiger partial charge in [-0.2, -0.15) is 4.98 Å². The number of nitrogens with one attached hydrogen (secondary N) is 2. The second kappa shape index (κ2) is 10.7. The topological polar surface area (TPSA) is 88.6 Å². The van der Waals surface area contributed by atoms with E-state index < -0.39 is 0 Å². The number of amides is 1. The number of piperidine rings is 1. The highest BCUT2D eigenvalue weighted by atomic mass is 16.5. The Bertz CT molecular complexity index is 1070. The van der Waals surface area contributed by atoms with Crippen molar-refractivity contribution in [2.45, 2.75) is 19.4 Å². The van der Waals surface area contributed by atoms with Crippen molar-refractivity contribution in [3.05, 3.63) is 66.4 Å². The minimum Gasteiger partial charge on any atom is -0.497 e. The number of benzene rings is 2. The molecular weight excluding hydrogens is 418 g/mol. The third kappa shape index (κ3) is 5.71. The molecule has 33 heavy (non-hydrogen) atoms. The lowest BCUT2D eigenvalue weighted by molar-refractivity contribution is -0.125. The van der Waals surface area contributed by atoms with Crippen molar-refractivity contribution in [1.29, 1.82) is 0 Å². The Morgan fingerprint density at radius 1 is 1.03 bits per heavy atom. The van der Waals surface area contributed by atoms with Crippen molar-refractivity contribution in [3.63, 3.8) is 0 Å². The number of rotatable bonds is 8. The fourth-order valence-corrected chi connectivity index (χ4v) is 3.91. The Labute approximate surface area is 194 Å². The number of nitrogens with zero attached hydrogens (tertiary/aromatic N) is 3. The van der Waals surface area contributed by atoms with Crippen LogP contribution in [0.25, 0.3) is 0 Å². The van der Waals surface area contributed by atoms with E-state index in [1.54, 1.807) is 20.4 Å². The zero-order valence-corrected chi connectivity index (χ0v) is 19.0. The van der Waals surface area contributed by atoms with Crippen LogP contribution in [-0.2, 0) is 11.3 Å². The Hall–Kier alpha value is -3.81. The van der Waals surface area contributed by atoms with E-state index in [1.165, 1.54) is 0 Å². The largest absolute Gasteiger partial charge is 0.497 e. The highest BCUT2D eigenvalue weighted by molar-refractivity contribution is 5.79. The van der Waals surface area contributed by atoms with Gasteiger partial charge in [0.25, 0.3) is 0 Å². The van der Waals surface area contributed by atoms with Crippen LogP contribution in [0.4, 0.5) is 17.5 Å². The third-order valence-electron chi connectivity index (χ3n) is 5.80. The molecule has 8 nitrogen and oxygen atoms in total. The molecule has 8 heteroatoms. The van der Waals surface area contributed by atoms with E-state index in [0.29, 0.717) is 12.5 Å².